The Kier molecular flexibility index (Phi) is 28.1. The number of ether oxygens (including phenoxy) is 1. The minimum absolute atomic E-state index is 0.0826. The zero-order valence-corrected chi connectivity index (χ0v) is 25.3. The maximum Gasteiger partial charge on any atom is 0.309 e. The number of unbranched alkanes of at least 4 members (excludes halogenated alkanes) is 18. The van der Waals surface area contributed by atoms with Crippen molar-refractivity contribution in [3.05, 3.63) is 12.2 Å². The van der Waals surface area contributed by atoms with E-state index in [4.69, 9.17) is 4.74 Å². The van der Waals surface area contributed by atoms with Crippen LogP contribution < -0.4 is 0 Å². The number of hydrogen-bond donors (Lipinski definition) is 0. The summed E-state index contributed by atoms with van der Waals surface area (Å²) in [4.78, 5) is 12.9. The monoisotopic (exact) mass is 507 g/mol. The van der Waals surface area contributed by atoms with E-state index in [0.717, 1.165) is 25.7 Å². The summed E-state index contributed by atoms with van der Waals surface area (Å²) in [5, 5.41) is 0. The molecule has 0 aromatic carbocycles. The van der Waals surface area contributed by atoms with Gasteiger partial charge in [-0.05, 0) is 50.9 Å². The molecule has 0 aliphatic carbocycles. The molecule has 0 heterocycles. The third-order valence-corrected chi connectivity index (χ3v) is 7.77. The topological polar surface area (TPSA) is 26.3 Å². The van der Waals surface area contributed by atoms with Crippen LogP contribution >= 0.6 is 0 Å². The molecule has 2 unspecified atom stereocenters. The minimum Gasteiger partial charge on any atom is -0.465 e. The van der Waals surface area contributed by atoms with Crippen molar-refractivity contribution >= 4 is 5.97 Å². The fraction of sp³-hybridized carbons (Fsp3) is 0.912. The molecule has 0 fully saturated rings. The maximum absolute atomic E-state index is 12.9. The highest BCUT2D eigenvalue weighted by Crippen LogP contribution is 2.26. The van der Waals surface area contributed by atoms with Crippen LogP contribution in [0.3, 0.4) is 0 Å². The first-order valence-electron chi connectivity index (χ1n) is 16.5. The Morgan fingerprint density at radius 3 is 1.53 bits per heavy atom. The molecule has 0 amide bonds. The molecule has 0 aliphatic heterocycles. The molecule has 214 valence electrons. The Labute approximate surface area is 227 Å². The second-order valence-corrected chi connectivity index (χ2v) is 11.4. The predicted molar refractivity (Wildman–Crippen MR) is 161 cm³/mol. The Morgan fingerprint density at radius 2 is 1.00 bits per heavy atom. The molecule has 0 N–H and O–H groups in total. The smallest absolute Gasteiger partial charge is 0.309 e. The van der Waals surface area contributed by atoms with Crippen molar-refractivity contribution in [2.45, 2.75) is 182 Å². The lowest BCUT2D eigenvalue weighted by molar-refractivity contribution is -0.151. The number of rotatable bonds is 28. The normalized spacial score (nSPS) is 13.3. The summed E-state index contributed by atoms with van der Waals surface area (Å²) in [6, 6.07) is 0. The van der Waals surface area contributed by atoms with Crippen molar-refractivity contribution < 1.29 is 9.53 Å². The van der Waals surface area contributed by atoms with Crippen LogP contribution in [-0.2, 0) is 9.53 Å². The summed E-state index contributed by atoms with van der Waals surface area (Å²) in [7, 11) is 0. The number of esters is 1. The first kappa shape index (κ1) is 35.2. The van der Waals surface area contributed by atoms with Gasteiger partial charge in [0.1, 0.15) is 0 Å². The molecule has 0 saturated heterocycles. The van der Waals surface area contributed by atoms with Crippen molar-refractivity contribution in [1.29, 1.82) is 0 Å². The first-order valence-corrected chi connectivity index (χ1v) is 16.5. The molecule has 0 rings (SSSR count). The molecular formula is C34H66O2. The van der Waals surface area contributed by atoms with Crippen molar-refractivity contribution in [2.24, 2.45) is 11.8 Å². The van der Waals surface area contributed by atoms with Crippen LogP contribution in [0.1, 0.15) is 182 Å². The number of allylic oxidation sites excluding steroid dienone is 2. The lowest BCUT2D eigenvalue weighted by atomic mass is 9.85. The van der Waals surface area contributed by atoms with Gasteiger partial charge in [-0.1, -0.05) is 149 Å². The molecule has 36 heavy (non-hydrogen) atoms. The van der Waals surface area contributed by atoms with E-state index < -0.39 is 0 Å². The van der Waals surface area contributed by atoms with Crippen LogP contribution in [0, 0.1) is 11.8 Å². The molecule has 0 saturated carbocycles. The van der Waals surface area contributed by atoms with E-state index >= 15 is 0 Å². The van der Waals surface area contributed by atoms with Crippen LogP contribution in [0.4, 0.5) is 0 Å². The lowest BCUT2D eigenvalue weighted by Crippen LogP contribution is -2.25. The van der Waals surface area contributed by atoms with E-state index in [9.17, 15) is 4.79 Å². The molecule has 2 heteroatoms. The minimum atomic E-state index is 0.0826. The van der Waals surface area contributed by atoms with Gasteiger partial charge in [0.15, 0.2) is 0 Å². The van der Waals surface area contributed by atoms with Crippen molar-refractivity contribution in [2.75, 3.05) is 6.61 Å². The molecule has 0 aliphatic rings. The summed E-state index contributed by atoms with van der Waals surface area (Å²) < 4.78 is 5.77. The van der Waals surface area contributed by atoms with Crippen molar-refractivity contribution in [1.82, 2.24) is 0 Å². The van der Waals surface area contributed by atoms with Gasteiger partial charge in [0.05, 0.1) is 12.5 Å². The van der Waals surface area contributed by atoms with E-state index in [1.807, 2.05) is 0 Å². The second-order valence-electron chi connectivity index (χ2n) is 11.4. The lowest BCUT2D eigenvalue weighted by Gasteiger charge is -2.22. The average Bonchev–Trinajstić information content (AvgIpc) is 2.88. The largest absolute Gasteiger partial charge is 0.465 e. The van der Waals surface area contributed by atoms with E-state index in [1.165, 1.54) is 128 Å². The summed E-state index contributed by atoms with van der Waals surface area (Å²) in [5.41, 5.74) is 0. The van der Waals surface area contributed by atoms with Gasteiger partial charge in [0, 0.05) is 0 Å². The average molecular weight is 507 g/mol. The predicted octanol–water partition coefficient (Wildman–Crippen LogP) is 11.8. The molecule has 2 nitrogen and oxygen atoms in total. The fourth-order valence-electron chi connectivity index (χ4n) is 5.14. The Morgan fingerprint density at radius 1 is 0.556 bits per heavy atom. The van der Waals surface area contributed by atoms with Crippen LogP contribution in [0.2, 0.25) is 0 Å². The van der Waals surface area contributed by atoms with Gasteiger partial charge in [0.2, 0.25) is 0 Å². The van der Waals surface area contributed by atoms with Gasteiger partial charge in [0.25, 0.3) is 0 Å². The quantitative estimate of drug-likeness (QED) is 0.0599. The van der Waals surface area contributed by atoms with E-state index in [-0.39, 0.29) is 11.9 Å². The van der Waals surface area contributed by atoms with Crippen LogP contribution in [0.5, 0.6) is 0 Å². The summed E-state index contributed by atoms with van der Waals surface area (Å²) >= 11 is 0. The molecule has 0 spiro atoms. The molecule has 0 aromatic rings. The standard InChI is InChI=1S/C34H66O2/c1-5-8-11-13-15-17-18-19-20-21-22-23-25-27-30-33(32(4)29-10-7-3)34(35)36-31-28-26-24-16-14-12-9-6-2/h19-20,32-33H,5-18,21-31H2,1-4H3. The third-order valence-electron chi connectivity index (χ3n) is 7.77. The van der Waals surface area contributed by atoms with Crippen molar-refractivity contribution in [3.63, 3.8) is 0 Å². The second kappa shape index (κ2) is 28.8. The molecule has 2 atom stereocenters. The highest BCUT2D eigenvalue weighted by Gasteiger charge is 2.25. The van der Waals surface area contributed by atoms with Gasteiger partial charge in [-0.15, -0.1) is 0 Å². The summed E-state index contributed by atoms with van der Waals surface area (Å²) in [6.45, 7) is 9.68. The van der Waals surface area contributed by atoms with Crippen LogP contribution in [0.15, 0.2) is 12.2 Å². The van der Waals surface area contributed by atoms with Gasteiger partial charge < -0.3 is 4.74 Å². The highest BCUT2D eigenvalue weighted by molar-refractivity contribution is 5.72. The van der Waals surface area contributed by atoms with Crippen molar-refractivity contribution in [3.8, 4) is 0 Å². The number of carbonyl (C=O) groups excluding carboxylic acids is 1. The Balaban J connectivity index is 3.97. The SMILES string of the molecule is CCCCCCCCC=CCCCCCCC(C(=O)OCCCCCCCCCC)C(C)CCCC. The highest BCUT2D eigenvalue weighted by atomic mass is 16.5. The van der Waals surface area contributed by atoms with Gasteiger partial charge in [-0.2, -0.15) is 0 Å². The van der Waals surface area contributed by atoms with Gasteiger partial charge in [-0.3, -0.25) is 4.79 Å². The zero-order chi connectivity index (χ0) is 26.5. The summed E-state index contributed by atoms with van der Waals surface area (Å²) in [6.07, 6.45) is 35.4. The summed E-state index contributed by atoms with van der Waals surface area (Å²) in [5.74, 6) is 0.628. The number of hydrogen-bond acceptors (Lipinski definition) is 2. The van der Waals surface area contributed by atoms with Gasteiger partial charge in [-0.25, -0.2) is 0 Å². The fourth-order valence-corrected chi connectivity index (χ4v) is 5.14. The van der Waals surface area contributed by atoms with E-state index in [0.29, 0.717) is 12.5 Å². The number of carbonyl (C=O) groups is 1. The molecule has 0 bridgehead atoms. The third kappa shape index (κ3) is 23.6. The Hall–Kier alpha value is -0.790. The van der Waals surface area contributed by atoms with Crippen LogP contribution in [-0.4, -0.2) is 12.6 Å². The zero-order valence-electron chi connectivity index (χ0n) is 25.3. The van der Waals surface area contributed by atoms with E-state index in [2.05, 4.69) is 39.8 Å². The Bertz CT molecular complexity index is 470. The molecule has 0 radical (unpaired) electrons. The van der Waals surface area contributed by atoms with Gasteiger partial charge >= 0.3 is 5.97 Å². The first-order chi connectivity index (χ1) is 17.7. The van der Waals surface area contributed by atoms with E-state index in [1.54, 1.807) is 0 Å². The van der Waals surface area contributed by atoms with Crippen LogP contribution in [0.25, 0.3) is 0 Å². The molecular weight excluding hydrogens is 440 g/mol. The molecule has 0 aromatic heterocycles. The maximum atomic E-state index is 12.9.